The van der Waals surface area contributed by atoms with Crippen molar-refractivity contribution in [3.63, 3.8) is 0 Å². The van der Waals surface area contributed by atoms with Crippen LogP contribution in [0.1, 0.15) is 24.3 Å². The van der Waals surface area contributed by atoms with Crippen LogP contribution in [-0.4, -0.2) is 22.6 Å². The fourth-order valence-electron chi connectivity index (χ4n) is 1.63. The molecule has 0 saturated heterocycles. The van der Waals surface area contributed by atoms with Crippen molar-refractivity contribution in [1.29, 1.82) is 0 Å². The standard InChI is InChI=1S/C15H16Cl2N4O/c1-9(2)8-18-14-6-5-13(20-21-14)15(22)19-10-3-4-11(16)12(17)7-10/h3-7,9H,8H2,1-2H3,(H,18,21)(H,19,22). The van der Waals surface area contributed by atoms with E-state index in [2.05, 4.69) is 34.7 Å². The van der Waals surface area contributed by atoms with Gasteiger partial charge in [0.1, 0.15) is 5.82 Å². The molecular weight excluding hydrogens is 323 g/mol. The largest absolute Gasteiger partial charge is 0.368 e. The average Bonchev–Trinajstić information content (AvgIpc) is 2.49. The fraction of sp³-hybridized carbons (Fsp3) is 0.267. The quantitative estimate of drug-likeness (QED) is 0.860. The number of halogens is 2. The van der Waals surface area contributed by atoms with Crippen molar-refractivity contribution >= 4 is 40.6 Å². The van der Waals surface area contributed by atoms with Gasteiger partial charge in [-0.05, 0) is 36.2 Å². The molecule has 0 fully saturated rings. The predicted octanol–water partition coefficient (Wildman–Crippen LogP) is 4.10. The summed E-state index contributed by atoms with van der Waals surface area (Å²) in [5.74, 6) is 0.778. The number of amides is 1. The Bertz CT molecular complexity index is 659. The zero-order chi connectivity index (χ0) is 16.1. The second-order valence-corrected chi connectivity index (χ2v) is 5.98. The monoisotopic (exact) mass is 338 g/mol. The van der Waals surface area contributed by atoms with Crippen molar-refractivity contribution in [2.45, 2.75) is 13.8 Å². The Balaban J connectivity index is 2.01. The lowest BCUT2D eigenvalue weighted by atomic mass is 10.2. The molecule has 0 spiro atoms. The Kier molecular flexibility index (Phi) is 5.57. The average molecular weight is 339 g/mol. The summed E-state index contributed by atoms with van der Waals surface area (Å²) in [4.78, 5) is 12.1. The maximum atomic E-state index is 12.1. The van der Waals surface area contributed by atoms with E-state index in [9.17, 15) is 4.79 Å². The lowest BCUT2D eigenvalue weighted by Crippen LogP contribution is -2.15. The van der Waals surface area contributed by atoms with E-state index in [0.717, 1.165) is 6.54 Å². The van der Waals surface area contributed by atoms with Gasteiger partial charge in [-0.2, -0.15) is 0 Å². The van der Waals surface area contributed by atoms with E-state index < -0.39 is 0 Å². The van der Waals surface area contributed by atoms with E-state index in [0.29, 0.717) is 27.5 Å². The topological polar surface area (TPSA) is 66.9 Å². The molecule has 1 heterocycles. The van der Waals surface area contributed by atoms with Gasteiger partial charge in [-0.25, -0.2) is 0 Å². The SMILES string of the molecule is CC(C)CNc1ccc(C(=O)Nc2ccc(Cl)c(Cl)c2)nn1. The Hall–Kier alpha value is -1.85. The summed E-state index contributed by atoms with van der Waals surface area (Å²) in [5, 5.41) is 14.5. The predicted molar refractivity (Wildman–Crippen MR) is 89.8 cm³/mol. The highest BCUT2D eigenvalue weighted by Crippen LogP contribution is 2.25. The highest BCUT2D eigenvalue weighted by Gasteiger charge is 2.10. The third-order valence-corrected chi connectivity index (χ3v) is 3.51. The maximum absolute atomic E-state index is 12.1. The highest BCUT2D eigenvalue weighted by atomic mass is 35.5. The fourth-order valence-corrected chi connectivity index (χ4v) is 1.92. The molecule has 2 N–H and O–H groups in total. The van der Waals surface area contributed by atoms with Crippen molar-refractivity contribution < 1.29 is 4.79 Å². The van der Waals surface area contributed by atoms with Crippen LogP contribution in [0.25, 0.3) is 0 Å². The maximum Gasteiger partial charge on any atom is 0.276 e. The van der Waals surface area contributed by atoms with Crippen LogP contribution in [0.4, 0.5) is 11.5 Å². The van der Waals surface area contributed by atoms with E-state index in [1.165, 1.54) is 0 Å². The first-order valence-electron chi connectivity index (χ1n) is 6.79. The number of carbonyl (C=O) groups is 1. The summed E-state index contributed by atoms with van der Waals surface area (Å²) in [6, 6.07) is 8.19. The van der Waals surface area contributed by atoms with E-state index in [1.807, 2.05) is 0 Å². The van der Waals surface area contributed by atoms with E-state index >= 15 is 0 Å². The summed E-state index contributed by atoms with van der Waals surface area (Å²) >= 11 is 11.7. The van der Waals surface area contributed by atoms with Gasteiger partial charge in [-0.15, -0.1) is 10.2 Å². The molecule has 0 aliphatic carbocycles. The number of hydrogen-bond acceptors (Lipinski definition) is 4. The van der Waals surface area contributed by atoms with Crippen molar-refractivity contribution in [2.24, 2.45) is 5.92 Å². The van der Waals surface area contributed by atoms with Crippen molar-refractivity contribution in [1.82, 2.24) is 10.2 Å². The lowest BCUT2D eigenvalue weighted by molar-refractivity contribution is 0.102. The van der Waals surface area contributed by atoms with Gasteiger partial charge in [0.15, 0.2) is 5.69 Å². The molecule has 116 valence electrons. The molecule has 0 radical (unpaired) electrons. The summed E-state index contributed by atoms with van der Waals surface area (Å²) < 4.78 is 0. The molecule has 2 rings (SSSR count). The summed E-state index contributed by atoms with van der Waals surface area (Å²) in [5.41, 5.74) is 0.768. The van der Waals surface area contributed by atoms with Gasteiger partial charge in [0.05, 0.1) is 10.0 Å². The molecule has 0 bridgehead atoms. The minimum Gasteiger partial charge on any atom is -0.368 e. The van der Waals surface area contributed by atoms with Crippen LogP contribution in [0.3, 0.4) is 0 Å². The van der Waals surface area contributed by atoms with Crippen LogP contribution in [0, 0.1) is 5.92 Å². The Morgan fingerprint density at radius 3 is 2.50 bits per heavy atom. The second kappa shape index (κ2) is 7.42. The second-order valence-electron chi connectivity index (χ2n) is 5.16. The van der Waals surface area contributed by atoms with E-state index in [-0.39, 0.29) is 11.6 Å². The number of carbonyl (C=O) groups excluding carboxylic acids is 1. The van der Waals surface area contributed by atoms with Crippen LogP contribution in [0.5, 0.6) is 0 Å². The molecule has 0 unspecified atom stereocenters. The first-order chi connectivity index (χ1) is 10.5. The third-order valence-electron chi connectivity index (χ3n) is 2.77. The molecule has 0 aliphatic heterocycles. The van der Waals surface area contributed by atoms with Gasteiger partial charge in [0, 0.05) is 12.2 Å². The number of nitrogens with zero attached hydrogens (tertiary/aromatic N) is 2. The minimum atomic E-state index is -0.360. The summed E-state index contributed by atoms with van der Waals surface area (Å²) in [6.07, 6.45) is 0. The molecule has 1 aromatic heterocycles. The van der Waals surface area contributed by atoms with Crippen LogP contribution in [-0.2, 0) is 0 Å². The van der Waals surface area contributed by atoms with Crippen molar-refractivity contribution in [3.8, 4) is 0 Å². The highest BCUT2D eigenvalue weighted by molar-refractivity contribution is 6.42. The van der Waals surface area contributed by atoms with Crippen LogP contribution in [0.15, 0.2) is 30.3 Å². The number of hydrogen-bond donors (Lipinski definition) is 2. The molecule has 7 heteroatoms. The Morgan fingerprint density at radius 2 is 1.91 bits per heavy atom. The van der Waals surface area contributed by atoms with Crippen LogP contribution >= 0.6 is 23.2 Å². The number of rotatable bonds is 5. The van der Waals surface area contributed by atoms with Gasteiger partial charge >= 0.3 is 0 Å². The summed E-state index contributed by atoms with van der Waals surface area (Å²) in [6.45, 7) is 4.99. The third kappa shape index (κ3) is 4.58. The van der Waals surface area contributed by atoms with Crippen molar-refractivity contribution in [3.05, 3.63) is 46.1 Å². The van der Waals surface area contributed by atoms with Crippen LogP contribution < -0.4 is 10.6 Å². The molecular formula is C15H16Cl2N4O. The molecule has 0 atom stereocenters. The first-order valence-corrected chi connectivity index (χ1v) is 7.55. The molecule has 0 saturated carbocycles. The van der Waals surface area contributed by atoms with Crippen LogP contribution in [0.2, 0.25) is 10.0 Å². The number of anilines is 2. The van der Waals surface area contributed by atoms with Gasteiger partial charge in [0.2, 0.25) is 0 Å². The summed E-state index contributed by atoms with van der Waals surface area (Å²) in [7, 11) is 0. The molecule has 0 aliphatic rings. The van der Waals surface area contributed by atoms with Gasteiger partial charge in [0.25, 0.3) is 5.91 Å². The van der Waals surface area contributed by atoms with Gasteiger partial charge < -0.3 is 10.6 Å². The van der Waals surface area contributed by atoms with Gasteiger partial charge in [-0.3, -0.25) is 4.79 Å². The number of aromatic nitrogens is 2. The molecule has 1 aromatic carbocycles. The lowest BCUT2D eigenvalue weighted by Gasteiger charge is -2.08. The number of nitrogens with one attached hydrogen (secondary N) is 2. The Morgan fingerprint density at radius 1 is 1.14 bits per heavy atom. The molecule has 22 heavy (non-hydrogen) atoms. The van der Waals surface area contributed by atoms with E-state index in [1.54, 1.807) is 30.3 Å². The smallest absolute Gasteiger partial charge is 0.276 e. The zero-order valence-corrected chi connectivity index (χ0v) is 13.7. The van der Waals surface area contributed by atoms with E-state index in [4.69, 9.17) is 23.2 Å². The molecule has 5 nitrogen and oxygen atoms in total. The molecule has 1 amide bonds. The minimum absolute atomic E-state index is 0.223. The number of benzene rings is 1. The zero-order valence-electron chi connectivity index (χ0n) is 12.2. The van der Waals surface area contributed by atoms with Crippen molar-refractivity contribution in [2.75, 3.05) is 17.2 Å². The van der Waals surface area contributed by atoms with Gasteiger partial charge in [-0.1, -0.05) is 37.0 Å². The first kappa shape index (κ1) is 16.5. The molecule has 2 aromatic rings. The Labute approximate surface area is 139 Å². The normalized spacial score (nSPS) is 10.6.